The van der Waals surface area contributed by atoms with Gasteiger partial charge in [0.1, 0.15) is 5.82 Å². The number of carboxylic acid groups (broad SMARTS) is 1. The summed E-state index contributed by atoms with van der Waals surface area (Å²) in [5.74, 6) is -2.22. The van der Waals surface area contributed by atoms with E-state index in [1.807, 2.05) is 0 Å². The highest BCUT2D eigenvalue weighted by Gasteiger charge is 2.52. The molecule has 0 bridgehead atoms. The lowest BCUT2D eigenvalue weighted by Gasteiger charge is -2.26. The third-order valence-corrected chi connectivity index (χ3v) is 5.73. The zero-order chi connectivity index (χ0) is 17.6. The zero-order valence-electron chi connectivity index (χ0n) is 13.7. The summed E-state index contributed by atoms with van der Waals surface area (Å²) in [6, 6.07) is 5.96. The number of hydrogen-bond donors (Lipinski definition) is 1. The summed E-state index contributed by atoms with van der Waals surface area (Å²) in [6.45, 7) is 0.604. The average Bonchev–Trinajstić information content (AvgIpc) is 3.21. The summed E-state index contributed by atoms with van der Waals surface area (Å²) in [6.07, 6.45) is 5.22. The lowest BCUT2D eigenvalue weighted by atomic mass is 9.76. The molecule has 1 amide bonds. The van der Waals surface area contributed by atoms with Gasteiger partial charge < -0.3 is 10.0 Å². The molecule has 0 radical (unpaired) electrons. The van der Waals surface area contributed by atoms with Gasteiger partial charge in [0.05, 0.1) is 17.0 Å². The van der Waals surface area contributed by atoms with E-state index >= 15 is 0 Å². The molecule has 1 aliphatic carbocycles. The SMILES string of the molecule is O=C(O)C1CN(C(=O)c2cc(F)cc3cccnc23)CC12CCCC2. The molecule has 5 nitrogen and oxygen atoms in total. The quantitative estimate of drug-likeness (QED) is 0.910. The second kappa shape index (κ2) is 5.79. The smallest absolute Gasteiger partial charge is 0.308 e. The number of likely N-dealkylation sites (tertiary alicyclic amines) is 1. The number of rotatable bonds is 2. The molecular formula is C19H19FN2O3. The van der Waals surface area contributed by atoms with Crippen LogP contribution in [0.25, 0.3) is 10.9 Å². The molecule has 2 aromatic rings. The highest BCUT2D eigenvalue weighted by molar-refractivity contribution is 6.05. The Morgan fingerprint density at radius 1 is 1.28 bits per heavy atom. The number of amides is 1. The average molecular weight is 342 g/mol. The van der Waals surface area contributed by atoms with Gasteiger partial charge in [-0.1, -0.05) is 18.9 Å². The van der Waals surface area contributed by atoms with E-state index in [0.29, 0.717) is 17.4 Å². The van der Waals surface area contributed by atoms with Crippen LogP contribution in [0.5, 0.6) is 0 Å². The first kappa shape index (κ1) is 16.0. The van der Waals surface area contributed by atoms with E-state index in [-0.39, 0.29) is 23.4 Å². The van der Waals surface area contributed by atoms with Crippen molar-refractivity contribution in [2.75, 3.05) is 13.1 Å². The van der Waals surface area contributed by atoms with Crippen molar-refractivity contribution >= 4 is 22.8 Å². The maximum atomic E-state index is 14.0. The summed E-state index contributed by atoms with van der Waals surface area (Å²) in [7, 11) is 0. The summed E-state index contributed by atoms with van der Waals surface area (Å²) in [5, 5.41) is 10.2. The van der Waals surface area contributed by atoms with Crippen molar-refractivity contribution in [2.45, 2.75) is 25.7 Å². The van der Waals surface area contributed by atoms with E-state index in [2.05, 4.69) is 4.98 Å². The first-order valence-electron chi connectivity index (χ1n) is 8.57. The molecule has 2 heterocycles. The van der Waals surface area contributed by atoms with Crippen LogP contribution >= 0.6 is 0 Å². The predicted octanol–water partition coefficient (Wildman–Crippen LogP) is 3.09. The number of fused-ring (bicyclic) bond motifs is 1. The van der Waals surface area contributed by atoms with E-state index in [9.17, 15) is 19.1 Å². The first-order chi connectivity index (χ1) is 12.0. The molecule has 1 saturated carbocycles. The minimum atomic E-state index is -0.848. The van der Waals surface area contributed by atoms with Crippen molar-refractivity contribution in [3.8, 4) is 0 Å². The minimum absolute atomic E-state index is 0.180. The second-order valence-corrected chi connectivity index (χ2v) is 7.17. The maximum Gasteiger partial charge on any atom is 0.308 e. The number of halogens is 1. The van der Waals surface area contributed by atoms with Crippen LogP contribution in [-0.2, 0) is 4.79 Å². The van der Waals surface area contributed by atoms with E-state index in [1.165, 1.54) is 12.1 Å². The van der Waals surface area contributed by atoms with Crippen LogP contribution in [0.3, 0.4) is 0 Å². The van der Waals surface area contributed by atoms with Crippen LogP contribution < -0.4 is 0 Å². The van der Waals surface area contributed by atoms with Gasteiger partial charge in [0.2, 0.25) is 0 Å². The molecule has 1 saturated heterocycles. The lowest BCUT2D eigenvalue weighted by molar-refractivity contribution is -0.144. The highest BCUT2D eigenvalue weighted by atomic mass is 19.1. The van der Waals surface area contributed by atoms with Gasteiger partial charge >= 0.3 is 5.97 Å². The molecule has 1 aliphatic heterocycles. The van der Waals surface area contributed by atoms with E-state index in [4.69, 9.17) is 0 Å². The molecule has 2 fully saturated rings. The number of benzene rings is 1. The Hall–Kier alpha value is -2.50. The molecule has 1 N–H and O–H groups in total. The molecular weight excluding hydrogens is 323 g/mol. The highest BCUT2D eigenvalue weighted by Crippen LogP contribution is 2.49. The van der Waals surface area contributed by atoms with Gasteiger partial charge in [-0.15, -0.1) is 0 Å². The Bertz CT molecular complexity index is 861. The van der Waals surface area contributed by atoms with Gasteiger partial charge in [-0.25, -0.2) is 4.39 Å². The summed E-state index contributed by atoms with van der Waals surface area (Å²) < 4.78 is 14.0. The zero-order valence-corrected chi connectivity index (χ0v) is 13.7. The van der Waals surface area contributed by atoms with E-state index < -0.39 is 17.7 Å². The van der Waals surface area contributed by atoms with E-state index in [1.54, 1.807) is 23.2 Å². The number of pyridine rings is 1. The molecule has 4 rings (SSSR count). The normalized spacial score (nSPS) is 22.0. The Balaban J connectivity index is 1.72. The van der Waals surface area contributed by atoms with E-state index in [0.717, 1.165) is 25.7 Å². The Kier molecular flexibility index (Phi) is 3.71. The van der Waals surface area contributed by atoms with Gasteiger partial charge in [-0.3, -0.25) is 14.6 Å². The topological polar surface area (TPSA) is 70.5 Å². The van der Waals surface area contributed by atoms with Crippen LogP contribution in [0.2, 0.25) is 0 Å². The summed E-state index contributed by atoms with van der Waals surface area (Å²) >= 11 is 0. The molecule has 25 heavy (non-hydrogen) atoms. The number of aromatic nitrogens is 1. The second-order valence-electron chi connectivity index (χ2n) is 7.17. The number of carbonyl (C=O) groups excluding carboxylic acids is 1. The maximum absolute atomic E-state index is 14.0. The third kappa shape index (κ3) is 2.56. The largest absolute Gasteiger partial charge is 0.481 e. The van der Waals surface area contributed by atoms with Gasteiger partial charge in [0.25, 0.3) is 5.91 Å². The van der Waals surface area contributed by atoms with Gasteiger partial charge in [-0.05, 0) is 31.0 Å². The van der Waals surface area contributed by atoms with Crippen molar-refractivity contribution in [2.24, 2.45) is 11.3 Å². The first-order valence-corrected chi connectivity index (χ1v) is 8.57. The molecule has 1 aromatic heterocycles. The molecule has 6 heteroatoms. The van der Waals surface area contributed by atoms with Crippen LogP contribution in [0.4, 0.5) is 4.39 Å². The Morgan fingerprint density at radius 3 is 2.76 bits per heavy atom. The van der Waals surface area contributed by atoms with Crippen molar-refractivity contribution in [3.05, 3.63) is 41.8 Å². The standard InChI is InChI=1S/C19H19FN2O3/c20-13-8-12-4-3-7-21-16(12)14(9-13)17(23)22-10-15(18(24)25)19(11-22)5-1-2-6-19/h3-4,7-9,15H,1-2,5-6,10-11H2,(H,24,25). The number of nitrogens with zero attached hydrogens (tertiary/aromatic N) is 2. The van der Waals surface area contributed by atoms with Crippen molar-refractivity contribution in [1.29, 1.82) is 0 Å². The molecule has 1 atom stereocenters. The fraction of sp³-hybridized carbons (Fsp3) is 0.421. The number of hydrogen-bond acceptors (Lipinski definition) is 3. The summed E-state index contributed by atoms with van der Waals surface area (Å²) in [4.78, 5) is 30.6. The lowest BCUT2D eigenvalue weighted by Crippen LogP contribution is -2.32. The molecule has 130 valence electrons. The monoisotopic (exact) mass is 342 g/mol. The molecule has 1 unspecified atom stereocenters. The van der Waals surface area contributed by atoms with Crippen LogP contribution in [0.1, 0.15) is 36.0 Å². The van der Waals surface area contributed by atoms with Gasteiger partial charge in [0, 0.05) is 30.1 Å². The van der Waals surface area contributed by atoms with Crippen molar-refractivity contribution in [1.82, 2.24) is 9.88 Å². The van der Waals surface area contributed by atoms with Crippen LogP contribution in [0.15, 0.2) is 30.5 Å². The predicted molar refractivity (Wildman–Crippen MR) is 89.6 cm³/mol. The van der Waals surface area contributed by atoms with Crippen molar-refractivity contribution in [3.63, 3.8) is 0 Å². The number of carbonyl (C=O) groups is 2. The summed E-state index contributed by atoms with van der Waals surface area (Å²) in [5.41, 5.74) is 0.320. The fourth-order valence-corrected chi connectivity index (χ4v) is 4.54. The number of aliphatic carboxylic acids is 1. The Morgan fingerprint density at radius 2 is 2.04 bits per heavy atom. The minimum Gasteiger partial charge on any atom is -0.481 e. The third-order valence-electron chi connectivity index (χ3n) is 5.73. The van der Waals surface area contributed by atoms with Gasteiger partial charge in [0.15, 0.2) is 0 Å². The van der Waals surface area contributed by atoms with Crippen LogP contribution in [-0.4, -0.2) is 40.0 Å². The van der Waals surface area contributed by atoms with Crippen molar-refractivity contribution < 1.29 is 19.1 Å². The fourth-order valence-electron chi connectivity index (χ4n) is 4.54. The van der Waals surface area contributed by atoms with Gasteiger partial charge in [-0.2, -0.15) is 0 Å². The van der Waals surface area contributed by atoms with Crippen LogP contribution in [0, 0.1) is 17.2 Å². The number of carboxylic acids is 1. The molecule has 2 aliphatic rings. The molecule has 1 spiro atoms. The molecule has 1 aromatic carbocycles. The Labute approximate surface area is 144 Å².